The Balaban J connectivity index is 1.80. The van der Waals surface area contributed by atoms with Gasteiger partial charge in [-0.15, -0.1) is 0 Å². The number of fused-ring (bicyclic) bond motifs is 1. The van der Waals surface area contributed by atoms with Crippen LogP contribution in [0.2, 0.25) is 0 Å². The second kappa shape index (κ2) is 6.89. The summed E-state index contributed by atoms with van der Waals surface area (Å²) >= 11 is 0. The third-order valence-electron chi connectivity index (χ3n) is 4.47. The van der Waals surface area contributed by atoms with E-state index in [1.54, 1.807) is 13.8 Å². The molecular formula is C18H19N3O4S. The van der Waals surface area contributed by atoms with Gasteiger partial charge in [0.15, 0.2) is 0 Å². The van der Waals surface area contributed by atoms with Crippen LogP contribution in [-0.2, 0) is 16.4 Å². The summed E-state index contributed by atoms with van der Waals surface area (Å²) in [6.07, 6.45) is 2.37. The topological polar surface area (TPSA) is 105 Å². The van der Waals surface area contributed by atoms with Gasteiger partial charge in [-0.1, -0.05) is 18.2 Å². The van der Waals surface area contributed by atoms with Crippen LogP contribution in [0.5, 0.6) is 0 Å². The van der Waals surface area contributed by atoms with Crippen LogP contribution in [0.4, 0.5) is 5.69 Å². The number of non-ortho nitro benzene ring substituents is 1. The van der Waals surface area contributed by atoms with Crippen LogP contribution >= 0.6 is 0 Å². The van der Waals surface area contributed by atoms with Crippen molar-refractivity contribution in [1.29, 1.82) is 0 Å². The van der Waals surface area contributed by atoms with E-state index < -0.39 is 14.9 Å². The molecule has 0 aliphatic carbocycles. The summed E-state index contributed by atoms with van der Waals surface area (Å²) in [5.74, 6) is 0. The number of hydrogen-bond acceptors (Lipinski definition) is 4. The summed E-state index contributed by atoms with van der Waals surface area (Å²) in [6.45, 7) is 3.51. The highest BCUT2D eigenvalue weighted by molar-refractivity contribution is 7.89. The molecule has 3 rings (SSSR count). The van der Waals surface area contributed by atoms with Crippen LogP contribution < -0.4 is 4.72 Å². The zero-order chi connectivity index (χ0) is 18.9. The molecule has 7 nitrogen and oxygen atoms in total. The maximum absolute atomic E-state index is 12.6. The molecule has 1 heterocycles. The summed E-state index contributed by atoms with van der Waals surface area (Å²) in [7, 11) is -3.84. The fourth-order valence-corrected chi connectivity index (χ4v) is 4.30. The number of nitro benzene ring substituents is 1. The van der Waals surface area contributed by atoms with Gasteiger partial charge < -0.3 is 4.98 Å². The Labute approximate surface area is 151 Å². The Hall–Kier alpha value is -2.71. The van der Waals surface area contributed by atoms with E-state index in [0.29, 0.717) is 17.5 Å². The number of aryl methyl sites for hydroxylation is 1. The number of aromatic nitrogens is 1. The monoisotopic (exact) mass is 373 g/mol. The second-order valence-electron chi connectivity index (χ2n) is 6.15. The molecule has 0 saturated heterocycles. The van der Waals surface area contributed by atoms with Crippen LogP contribution in [0.3, 0.4) is 0 Å². The van der Waals surface area contributed by atoms with E-state index in [0.717, 1.165) is 22.5 Å². The van der Waals surface area contributed by atoms with Crippen molar-refractivity contribution in [3.8, 4) is 0 Å². The highest BCUT2D eigenvalue weighted by Gasteiger charge is 2.22. The number of benzene rings is 2. The maximum atomic E-state index is 12.6. The van der Waals surface area contributed by atoms with Crippen LogP contribution in [-0.4, -0.2) is 24.9 Å². The van der Waals surface area contributed by atoms with Crippen molar-refractivity contribution in [2.24, 2.45) is 0 Å². The third-order valence-corrected chi connectivity index (χ3v) is 6.05. The van der Waals surface area contributed by atoms with Crippen molar-refractivity contribution >= 4 is 26.6 Å². The van der Waals surface area contributed by atoms with E-state index in [4.69, 9.17) is 0 Å². The number of aromatic amines is 1. The fraction of sp³-hybridized carbons (Fsp3) is 0.222. The first kappa shape index (κ1) is 18.1. The second-order valence-corrected chi connectivity index (χ2v) is 7.89. The van der Waals surface area contributed by atoms with Gasteiger partial charge in [0.2, 0.25) is 10.0 Å². The summed E-state index contributed by atoms with van der Waals surface area (Å²) in [5.41, 5.74) is 2.85. The fourth-order valence-electron chi connectivity index (χ4n) is 2.93. The minimum absolute atomic E-state index is 0.0527. The smallest absolute Gasteiger partial charge is 0.271 e. The molecule has 2 aromatic carbocycles. The first-order valence-electron chi connectivity index (χ1n) is 8.10. The number of nitrogens with zero attached hydrogens (tertiary/aromatic N) is 1. The average molecular weight is 373 g/mol. The molecule has 0 aliphatic rings. The van der Waals surface area contributed by atoms with E-state index in [1.807, 2.05) is 30.5 Å². The number of rotatable bonds is 6. The predicted octanol–water partition coefficient (Wildman–Crippen LogP) is 3.21. The lowest BCUT2D eigenvalue weighted by atomic mass is 10.1. The van der Waals surface area contributed by atoms with Gasteiger partial charge in [0, 0.05) is 35.8 Å². The van der Waals surface area contributed by atoms with Crippen molar-refractivity contribution in [2.75, 3.05) is 6.54 Å². The number of nitrogens with one attached hydrogen (secondary N) is 2. The van der Waals surface area contributed by atoms with E-state index in [2.05, 4.69) is 9.71 Å². The van der Waals surface area contributed by atoms with Crippen LogP contribution in [0, 0.1) is 24.0 Å². The van der Waals surface area contributed by atoms with Crippen LogP contribution in [0.1, 0.15) is 16.7 Å². The molecular weight excluding hydrogens is 354 g/mol. The standard InChI is InChI=1S/C18H19N3O4S/c1-12-9-15(21(22)23)10-18(13(12)2)26(24,25)20-8-7-14-11-19-17-6-4-3-5-16(14)17/h3-6,9-11,19-20H,7-8H2,1-2H3. The molecule has 0 spiro atoms. The summed E-state index contributed by atoms with van der Waals surface area (Å²) in [6, 6.07) is 10.3. The molecule has 0 bridgehead atoms. The van der Waals surface area contributed by atoms with Gasteiger partial charge in [0.05, 0.1) is 9.82 Å². The highest BCUT2D eigenvalue weighted by atomic mass is 32.2. The average Bonchev–Trinajstić information content (AvgIpc) is 3.00. The van der Waals surface area contributed by atoms with E-state index in [1.165, 1.54) is 6.07 Å². The number of H-pyrrole nitrogens is 1. The Morgan fingerprint density at radius 3 is 2.65 bits per heavy atom. The van der Waals surface area contributed by atoms with Gasteiger partial charge in [0.1, 0.15) is 0 Å². The lowest BCUT2D eigenvalue weighted by Gasteiger charge is -2.11. The summed E-state index contributed by atoms with van der Waals surface area (Å²) in [5, 5.41) is 12.1. The Bertz CT molecular complexity index is 1090. The molecule has 0 atom stereocenters. The molecule has 26 heavy (non-hydrogen) atoms. The summed E-state index contributed by atoms with van der Waals surface area (Å²) < 4.78 is 27.8. The minimum atomic E-state index is -3.84. The quantitative estimate of drug-likeness (QED) is 0.511. The molecule has 8 heteroatoms. The normalized spacial score (nSPS) is 11.8. The third kappa shape index (κ3) is 3.47. The van der Waals surface area contributed by atoms with Gasteiger partial charge in [-0.25, -0.2) is 13.1 Å². The van der Waals surface area contributed by atoms with Gasteiger partial charge in [-0.05, 0) is 43.0 Å². The lowest BCUT2D eigenvalue weighted by molar-refractivity contribution is -0.385. The zero-order valence-electron chi connectivity index (χ0n) is 14.4. The van der Waals surface area contributed by atoms with Crippen molar-refractivity contribution in [3.05, 3.63) is 69.4 Å². The first-order chi connectivity index (χ1) is 12.3. The van der Waals surface area contributed by atoms with Crippen molar-refractivity contribution in [3.63, 3.8) is 0 Å². The molecule has 136 valence electrons. The van der Waals surface area contributed by atoms with Gasteiger partial charge in [-0.2, -0.15) is 0 Å². The van der Waals surface area contributed by atoms with Crippen LogP contribution in [0.25, 0.3) is 10.9 Å². The van der Waals surface area contributed by atoms with Crippen molar-refractivity contribution in [1.82, 2.24) is 9.71 Å². The number of sulfonamides is 1. The molecule has 2 N–H and O–H groups in total. The number of para-hydroxylation sites is 1. The maximum Gasteiger partial charge on any atom is 0.271 e. The molecule has 0 unspecified atom stereocenters. The molecule has 0 fully saturated rings. The largest absolute Gasteiger partial charge is 0.361 e. The zero-order valence-corrected chi connectivity index (χ0v) is 15.3. The Morgan fingerprint density at radius 1 is 1.19 bits per heavy atom. The van der Waals surface area contributed by atoms with Crippen molar-refractivity contribution in [2.45, 2.75) is 25.2 Å². The highest BCUT2D eigenvalue weighted by Crippen LogP contribution is 2.25. The minimum Gasteiger partial charge on any atom is -0.361 e. The number of hydrogen-bond donors (Lipinski definition) is 2. The Morgan fingerprint density at radius 2 is 1.92 bits per heavy atom. The molecule has 0 amide bonds. The molecule has 3 aromatic rings. The van der Waals surface area contributed by atoms with E-state index >= 15 is 0 Å². The van der Waals surface area contributed by atoms with E-state index in [9.17, 15) is 18.5 Å². The van der Waals surface area contributed by atoms with Crippen LogP contribution in [0.15, 0.2) is 47.5 Å². The predicted molar refractivity (Wildman–Crippen MR) is 99.8 cm³/mol. The molecule has 0 saturated carbocycles. The molecule has 1 aromatic heterocycles. The molecule has 0 aliphatic heterocycles. The molecule has 0 radical (unpaired) electrons. The first-order valence-corrected chi connectivity index (χ1v) is 9.58. The van der Waals surface area contributed by atoms with Gasteiger partial charge in [0.25, 0.3) is 5.69 Å². The van der Waals surface area contributed by atoms with Gasteiger partial charge in [-0.3, -0.25) is 10.1 Å². The lowest BCUT2D eigenvalue weighted by Crippen LogP contribution is -2.27. The van der Waals surface area contributed by atoms with Crippen molar-refractivity contribution < 1.29 is 13.3 Å². The van der Waals surface area contributed by atoms with E-state index in [-0.39, 0.29) is 17.1 Å². The van der Waals surface area contributed by atoms with Gasteiger partial charge >= 0.3 is 0 Å². The SMILES string of the molecule is Cc1cc([N+](=O)[O-])cc(S(=O)(=O)NCCc2c[nH]c3ccccc23)c1C. The number of nitro groups is 1. The Kier molecular flexibility index (Phi) is 4.80. The summed E-state index contributed by atoms with van der Waals surface area (Å²) in [4.78, 5) is 13.5.